The fourth-order valence-electron chi connectivity index (χ4n) is 4.62. The Hall–Kier alpha value is -4.70. The quantitative estimate of drug-likeness (QED) is 0.291. The predicted molar refractivity (Wildman–Crippen MR) is 153 cm³/mol. The van der Waals surface area contributed by atoms with Gasteiger partial charge in [-0.3, -0.25) is 9.36 Å². The maximum atomic E-state index is 13.8. The Balaban J connectivity index is 1.57. The molecule has 0 amide bonds. The van der Waals surface area contributed by atoms with Crippen molar-refractivity contribution in [1.29, 1.82) is 0 Å². The van der Waals surface area contributed by atoms with Crippen LogP contribution < -0.4 is 19.6 Å². The number of furan rings is 1. The van der Waals surface area contributed by atoms with Crippen LogP contribution in [0.2, 0.25) is 0 Å². The summed E-state index contributed by atoms with van der Waals surface area (Å²) in [7, 11) is 1.57. The van der Waals surface area contributed by atoms with E-state index in [9.17, 15) is 14.4 Å². The molecule has 3 heterocycles. The number of allylic oxidation sites excluding steroid dienone is 1. The highest BCUT2D eigenvalue weighted by molar-refractivity contribution is 7.07. The number of fused-ring (bicyclic) bond motifs is 1. The van der Waals surface area contributed by atoms with E-state index >= 15 is 0 Å². The van der Waals surface area contributed by atoms with Crippen molar-refractivity contribution >= 4 is 29.4 Å². The largest absolute Gasteiger partial charge is 0.497 e. The van der Waals surface area contributed by atoms with Crippen LogP contribution in [-0.2, 0) is 14.3 Å². The van der Waals surface area contributed by atoms with Gasteiger partial charge in [-0.15, -0.1) is 0 Å². The highest BCUT2D eigenvalue weighted by Crippen LogP contribution is 2.31. The van der Waals surface area contributed by atoms with Gasteiger partial charge in [-0.2, -0.15) is 0 Å². The number of carbonyl (C=O) groups is 2. The molecule has 0 saturated carbocycles. The summed E-state index contributed by atoms with van der Waals surface area (Å²) in [5.41, 5.74) is 2.31. The average Bonchev–Trinajstić information content (AvgIpc) is 3.57. The first kappa shape index (κ1) is 27.9. The van der Waals surface area contributed by atoms with Crippen molar-refractivity contribution in [1.82, 2.24) is 4.57 Å². The molecule has 0 radical (unpaired) electrons. The van der Waals surface area contributed by atoms with Crippen LogP contribution in [-0.4, -0.2) is 36.8 Å². The number of rotatable bonds is 8. The Bertz CT molecular complexity index is 1830. The number of carbonyl (C=O) groups excluding carboxylic acids is 2. The number of thiazole rings is 1. The summed E-state index contributed by atoms with van der Waals surface area (Å²) in [6, 6.07) is 17.0. The number of ether oxygens (including phenoxy) is 3. The normalized spacial score (nSPS) is 14.8. The molecule has 2 aromatic carbocycles. The van der Waals surface area contributed by atoms with E-state index in [1.807, 2.05) is 18.2 Å². The smallest absolute Gasteiger partial charge is 0.338 e. The molecule has 4 aromatic rings. The Morgan fingerprint density at radius 2 is 1.76 bits per heavy atom. The van der Waals surface area contributed by atoms with Crippen molar-refractivity contribution in [3.8, 4) is 17.1 Å². The minimum Gasteiger partial charge on any atom is -0.497 e. The van der Waals surface area contributed by atoms with E-state index in [1.54, 1.807) is 76.4 Å². The van der Waals surface area contributed by atoms with E-state index in [1.165, 1.54) is 15.9 Å². The van der Waals surface area contributed by atoms with Crippen molar-refractivity contribution in [3.63, 3.8) is 0 Å². The zero-order valence-corrected chi connectivity index (χ0v) is 23.8. The van der Waals surface area contributed by atoms with E-state index in [0.717, 1.165) is 5.56 Å². The van der Waals surface area contributed by atoms with Crippen molar-refractivity contribution < 1.29 is 28.2 Å². The van der Waals surface area contributed by atoms with Gasteiger partial charge in [-0.25, -0.2) is 14.6 Å². The summed E-state index contributed by atoms with van der Waals surface area (Å²) in [6.07, 6.45) is 1.65. The van der Waals surface area contributed by atoms with Gasteiger partial charge >= 0.3 is 11.9 Å². The van der Waals surface area contributed by atoms with E-state index < -0.39 is 18.0 Å². The lowest BCUT2D eigenvalue weighted by atomic mass is 9.96. The van der Waals surface area contributed by atoms with Crippen molar-refractivity contribution in [2.75, 3.05) is 20.3 Å². The second-order valence-electron chi connectivity index (χ2n) is 9.08. The number of hydrogen-bond donors (Lipinski definition) is 0. The first-order valence-electron chi connectivity index (χ1n) is 13.1. The molecule has 1 aliphatic rings. The molecule has 210 valence electrons. The third kappa shape index (κ3) is 5.51. The minimum absolute atomic E-state index is 0.193. The maximum Gasteiger partial charge on any atom is 0.338 e. The summed E-state index contributed by atoms with van der Waals surface area (Å²) in [6.45, 7) is 5.70. The molecular weight excluding hydrogens is 544 g/mol. The summed E-state index contributed by atoms with van der Waals surface area (Å²) < 4.78 is 23.7. The molecule has 5 rings (SSSR count). The summed E-state index contributed by atoms with van der Waals surface area (Å²) in [5, 5.41) is 0. The summed E-state index contributed by atoms with van der Waals surface area (Å²) >= 11 is 1.21. The Morgan fingerprint density at radius 1 is 1.02 bits per heavy atom. The Morgan fingerprint density at radius 3 is 2.46 bits per heavy atom. The topological polar surface area (TPSA) is 109 Å². The van der Waals surface area contributed by atoms with Crippen LogP contribution in [0.3, 0.4) is 0 Å². The van der Waals surface area contributed by atoms with Gasteiger partial charge in [-0.1, -0.05) is 35.6 Å². The highest BCUT2D eigenvalue weighted by Gasteiger charge is 2.33. The molecule has 10 heteroatoms. The molecular formula is C31H28N2O7S. The molecule has 0 fully saturated rings. The van der Waals surface area contributed by atoms with Crippen LogP contribution in [0.15, 0.2) is 86.1 Å². The second kappa shape index (κ2) is 11.8. The number of nitrogens with zero attached hydrogens (tertiary/aromatic N) is 2. The SMILES string of the molecule is CCOC(=O)C1=C(C)N=c2s/c(=C\c3ccc(-c4cccc(C(=O)OCC)c4)o3)c(=O)n2C1c1ccc(OC)cc1. The predicted octanol–water partition coefficient (Wildman–Crippen LogP) is 4.24. The summed E-state index contributed by atoms with van der Waals surface area (Å²) in [5.74, 6) is 0.706. The van der Waals surface area contributed by atoms with Gasteiger partial charge in [0.15, 0.2) is 4.80 Å². The van der Waals surface area contributed by atoms with Crippen LogP contribution in [0.5, 0.6) is 5.75 Å². The van der Waals surface area contributed by atoms with Crippen LogP contribution in [0.25, 0.3) is 17.4 Å². The molecule has 0 N–H and O–H groups in total. The van der Waals surface area contributed by atoms with Gasteiger partial charge in [0.1, 0.15) is 17.3 Å². The number of methoxy groups -OCH3 is 1. The van der Waals surface area contributed by atoms with Crippen molar-refractivity contribution in [2.45, 2.75) is 26.8 Å². The van der Waals surface area contributed by atoms with Crippen LogP contribution in [0.1, 0.15) is 48.5 Å². The fraction of sp³-hybridized carbons (Fsp3) is 0.226. The van der Waals surface area contributed by atoms with Crippen LogP contribution in [0.4, 0.5) is 0 Å². The lowest BCUT2D eigenvalue weighted by Gasteiger charge is -2.24. The number of aromatic nitrogens is 1. The third-order valence-electron chi connectivity index (χ3n) is 6.51. The molecule has 1 unspecified atom stereocenters. The Kier molecular flexibility index (Phi) is 8.02. The number of hydrogen-bond acceptors (Lipinski definition) is 9. The lowest BCUT2D eigenvalue weighted by Crippen LogP contribution is -2.39. The molecule has 0 bridgehead atoms. The molecule has 41 heavy (non-hydrogen) atoms. The molecule has 9 nitrogen and oxygen atoms in total. The lowest BCUT2D eigenvalue weighted by molar-refractivity contribution is -0.139. The van der Waals surface area contributed by atoms with E-state index in [-0.39, 0.29) is 18.8 Å². The number of benzene rings is 2. The van der Waals surface area contributed by atoms with Gasteiger partial charge in [0.05, 0.1) is 47.7 Å². The van der Waals surface area contributed by atoms with Crippen LogP contribution in [0, 0.1) is 0 Å². The van der Waals surface area contributed by atoms with E-state index in [4.69, 9.17) is 18.6 Å². The highest BCUT2D eigenvalue weighted by atomic mass is 32.1. The van der Waals surface area contributed by atoms with Crippen molar-refractivity contribution in [2.24, 2.45) is 4.99 Å². The summed E-state index contributed by atoms with van der Waals surface area (Å²) in [4.78, 5) is 44.1. The van der Waals surface area contributed by atoms with Gasteiger partial charge in [0.2, 0.25) is 0 Å². The average molecular weight is 573 g/mol. The van der Waals surface area contributed by atoms with E-state index in [0.29, 0.717) is 49.0 Å². The van der Waals surface area contributed by atoms with Crippen LogP contribution >= 0.6 is 11.3 Å². The number of esters is 2. The fourth-order valence-corrected chi connectivity index (χ4v) is 5.65. The first-order chi connectivity index (χ1) is 19.8. The zero-order chi connectivity index (χ0) is 29.1. The molecule has 1 aliphatic heterocycles. The molecule has 1 atom stereocenters. The maximum absolute atomic E-state index is 13.8. The first-order valence-corrected chi connectivity index (χ1v) is 13.9. The molecule has 2 aromatic heterocycles. The van der Waals surface area contributed by atoms with Crippen molar-refractivity contribution in [3.05, 3.63) is 109 Å². The molecule has 0 saturated heterocycles. The molecule has 0 aliphatic carbocycles. The van der Waals surface area contributed by atoms with Gasteiger partial charge in [-0.05, 0) is 62.7 Å². The van der Waals surface area contributed by atoms with E-state index in [2.05, 4.69) is 4.99 Å². The van der Waals surface area contributed by atoms with Gasteiger partial charge in [0.25, 0.3) is 5.56 Å². The standard InChI is InChI=1S/C31H28N2O7S/c1-5-38-29(35)21-9-7-8-20(16-21)24-15-14-23(40-24)17-25-28(34)33-27(19-10-12-22(37-4)13-11-19)26(30(36)39-6-2)18(3)32-31(33)41-25/h7-17,27H,5-6H2,1-4H3/b25-17-. The second-order valence-corrected chi connectivity index (χ2v) is 10.1. The Labute approximate surface area is 239 Å². The van der Waals surface area contributed by atoms with Gasteiger partial charge in [0, 0.05) is 11.6 Å². The third-order valence-corrected chi connectivity index (χ3v) is 7.49. The molecule has 0 spiro atoms. The monoisotopic (exact) mass is 572 g/mol. The minimum atomic E-state index is -0.726. The van der Waals surface area contributed by atoms with Gasteiger partial charge < -0.3 is 18.6 Å². The zero-order valence-electron chi connectivity index (χ0n) is 23.0.